The largest absolute Gasteiger partial charge is 0.486 e. The van der Waals surface area contributed by atoms with E-state index < -0.39 is 17.6 Å². The van der Waals surface area contributed by atoms with E-state index in [4.69, 9.17) is 9.26 Å². The van der Waals surface area contributed by atoms with Gasteiger partial charge in [0.15, 0.2) is 11.5 Å². The molecule has 2 heterocycles. The molecule has 3 aromatic rings. The summed E-state index contributed by atoms with van der Waals surface area (Å²) in [6.07, 6.45) is -4.46. The minimum atomic E-state index is -4.46. The van der Waals surface area contributed by atoms with Crippen molar-refractivity contribution in [2.45, 2.75) is 26.3 Å². The molecule has 146 valence electrons. The molecule has 0 unspecified atom stereocenters. The van der Waals surface area contributed by atoms with Crippen LogP contribution in [0.5, 0.6) is 5.75 Å². The summed E-state index contributed by atoms with van der Waals surface area (Å²) in [5.41, 5.74) is 0.759. The van der Waals surface area contributed by atoms with Crippen molar-refractivity contribution < 1.29 is 27.2 Å². The normalized spacial score (nSPS) is 11.3. The second kappa shape index (κ2) is 8.12. The zero-order valence-corrected chi connectivity index (χ0v) is 14.8. The maximum atomic E-state index is 12.7. The fourth-order valence-electron chi connectivity index (χ4n) is 2.36. The zero-order chi connectivity index (χ0) is 20.1. The van der Waals surface area contributed by atoms with Gasteiger partial charge in [0.25, 0.3) is 5.91 Å². The van der Waals surface area contributed by atoms with Crippen LogP contribution in [-0.4, -0.2) is 16.0 Å². The second-order valence-corrected chi connectivity index (χ2v) is 5.95. The molecule has 0 aliphatic carbocycles. The van der Waals surface area contributed by atoms with Crippen LogP contribution in [0.3, 0.4) is 0 Å². The number of pyridine rings is 1. The molecule has 1 amide bonds. The molecule has 0 fully saturated rings. The number of halogens is 3. The summed E-state index contributed by atoms with van der Waals surface area (Å²) in [6, 6.07) is 11.3. The number of carbonyl (C=O) groups is 1. The van der Waals surface area contributed by atoms with Crippen molar-refractivity contribution in [1.82, 2.24) is 15.5 Å². The molecule has 0 aliphatic heterocycles. The summed E-state index contributed by atoms with van der Waals surface area (Å²) >= 11 is 0. The van der Waals surface area contributed by atoms with Crippen molar-refractivity contribution >= 4 is 5.91 Å². The highest BCUT2D eigenvalue weighted by molar-refractivity contribution is 5.92. The Hall–Kier alpha value is -3.36. The molecular weight excluding hydrogens is 375 g/mol. The second-order valence-electron chi connectivity index (χ2n) is 5.95. The Morgan fingerprint density at radius 1 is 1.18 bits per heavy atom. The fraction of sp³-hybridized carbons (Fsp3) is 0.211. The topological polar surface area (TPSA) is 77.2 Å². The van der Waals surface area contributed by atoms with Gasteiger partial charge in [-0.3, -0.25) is 9.78 Å². The number of hydrogen-bond acceptors (Lipinski definition) is 5. The van der Waals surface area contributed by atoms with E-state index in [1.54, 1.807) is 6.07 Å². The zero-order valence-electron chi connectivity index (χ0n) is 14.8. The molecule has 0 spiro atoms. The number of rotatable bonds is 6. The average molecular weight is 391 g/mol. The number of ether oxygens (including phenoxy) is 1. The predicted molar refractivity (Wildman–Crippen MR) is 92.4 cm³/mol. The molecule has 1 aromatic carbocycles. The monoisotopic (exact) mass is 391 g/mol. The molecule has 1 N–H and O–H groups in total. The van der Waals surface area contributed by atoms with E-state index in [1.165, 1.54) is 18.2 Å². The maximum Gasteiger partial charge on any atom is 0.416 e. The number of amides is 1. The van der Waals surface area contributed by atoms with Crippen LogP contribution in [0.1, 0.15) is 33.2 Å². The Morgan fingerprint density at radius 3 is 2.71 bits per heavy atom. The first-order valence-corrected chi connectivity index (χ1v) is 8.27. The van der Waals surface area contributed by atoms with Gasteiger partial charge in [0, 0.05) is 11.8 Å². The van der Waals surface area contributed by atoms with Crippen LogP contribution in [0.15, 0.2) is 53.1 Å². The molecule has 0 saturated carbocycles. The number of aromatic nitrogens is 2. The first-order valence-electron chi connectivity index (χ1n) is 8.27. The van der Waals surface area contributed by atoms with Gasteiger partial charge in [-0.1, -0.05) is 17.3 Å². The van der Waals surface area contributed by atoms with E-state index in [0.29, 0.717) is 5.69 Å². The Balaban J connectivity index is 1.56. The van der Waals surface area contributed by atoms with Gasteiger partial charge in [0.1, 0.15) is 12.4 Å². The van der Waals surface area contributed by atoms with Crippen molar-refractivity contribution in [2.75, 3.05) is 0 Å². The van der Waals surface area contributed by atoms with Crippen LogP contribution in [0.2, 0.25) is 0 Å². The SMILES string of the molecule is Cc1cccc(CNC(=O)c2cc(COc3cccc(C(F)(F)F)c3)on2)n1. The molecule has 0 radical (unpaired) electrons. The van der Waals surface area contributed by atoms with Crippen LogP contribution >= 0.6 is 0 Å². The third-order valence-corrected chi connectivity index (χ3v) is 3.71. The van der Waals surface area contributed by atoms with E-state index in [-0.39, 0.29) is 30.4 Å². The molecular formula is C19H16F3N3O3. The number of alkyl halides is 3. The molecule has 2 aromatic heterocycles. The molecule has 9 heteroatoms. The predicted octanol–water partition coefficient (Wildman–Crippen LogP) is 3.91. The first-order chi connectivity index (χ1) is 13.3. The molecule has 0 aliphatic rings. The van der Waals surface area contributed by atoms with E-state index in [0.717, 1.165) is 17.8 Å². The fourth-order valence-corrected chi connectivity index (χ4v) is 2.36. The highest BCUT2D eigenvalue weighted by atomic mass is 19.4. The Kier molecular flexibility index (Phi) is 5.62. The van der Waals surface area contributed by atoms with Gasteiger partial charge in [-0.25, -0.2) is 0 Å². The smallest absolute Gasteiger partial charge is 0.416 e. The Morgan fingerprint density at radius 2 is 1.96 bits per heavy atom. The lowest BCUT2D eigenvalue weighted by Crippen LogP contribution is -2.23. The van der Waals surface area contributed by atoms with E-state index in [1.807, 2.05) is 19.1 Å². The van der Waals surface area contributed by atoms with Gasteiger partial charge in [-0.05, 0) is 37.3 Å². The number of aryl methyl sites for hydroxylation is 1. The minimum absolute atomic E-state index is 0.0303. The molecule has 6 nitrogen and oxygen atoms in total. The maximum absolute atomic E-state index is 12.7. The lowest BCUT2D eigenvalue weighted by molar-refractivity contribution is -0.137. The standard InChI is InChI=1S/C19H16F3N3O3/c1-12-4-2-6-14(24-12)10-23-18(26)17-9-16(28-25-17)11-27-15-7-3-5-13(8-15)19(20,21)22/h2-9H,10-11H2,1H3,(H,23,26). The van der Waals surface area contributed by atoms with Gasteiger partial charge in [-0.15, -0.1) is 0 Å². The van der Waals surface area contributed by atoms with Gasteiger partial charge >= 0.3 is 6.18 Å². The number of nitrogens with one attached hydrogen (secondary N) is 1. The summed E-state index contributed by atoms with van der Waals surface area (Å²) in [7, 11) is 0. The van der Waals surface area contributed by atoms with Gasteiger partial charge in [0.2, 0.25) is 0 Å². The third kappa shape index (κ3) is 5.09. The van der Waals surface area contributed by atoms with Crippen LogP contribution in [0.25, 0.3) is 0 Å². The number of hydrogen-bond donors (Lipinski definition) is 1. The van der Waals surface area contributed by atoms with Crippen LogP contribution in [0, 0.1) is 6.92 Å². The number of nitrogens with zero attached hydrogens (tertiary/aromatic N) is 2. The van der Waals surface area contributed by atoms with Gasteiger partial charge in [-0.2, -0.15) is 13.2 Å². The Labute approximate surface area is 158 Å². The summed E-state index contributed by atoms with van der Waals surface area (Å²) in [4.78, 5) is 16.4. The molecule has 0 saturated heterocycles. The lowest BCUT2D eigenvalue weighted by Gasteiger charge is -2.09. The van der Waals surface area contributed by atoms with E-state index >= 15 is 0 Å². The van der Waals surface area contributed by atoms with Crippen LogP contribution in [-0.2, 0) is 19.3 Å². The van der Waals surface area contributed by atoms with Crippen molar-refractivity contribution in [2.24, 2.45) is 0 Å². The average Bonchev–Trinajstić information content (AvgIpc) is 3.13. The first kappa shape index (κ1) is 19.4. The van der Waals surface area contributed by atoms with Crippen LogP contribution < -0.4 is 10.1 Å². The highest BCUT2D eigenvalue weighted by Gasteiger charge is 2.30. The molecule has 28 heavy (non-hydrogen) atoms. The van der Waals surface area contributed by atoms with E-state index in [9.17, 15) is 18.0 Å². The van der Waals surface area contributed by atoms with Crippen molar-refractivity contribution in [1.29, 1.82) is 0 Å². The van der Waals surface area contributed by atoms with Crippen molar-refractivity contribution in [3.05, 3.63) is 76.9 Å². The summed E-state index contributed by atoms with van der Waals surface area (Å²) < 4.78 is 48.4. The number of benzene rings is 1. The lowest BCUT2D eigenvalue weighted by atomic mass is 10.2. The quantitative estimate of drug-likeness (QED) is 0.690. The summed E-state index contributed by atoms with van der Waals surface area (Å²) in [5, 5.41) is 6.31. The van der Waals surface area contributed by atoms with Gasteiger partial charge < -0.3 is 14.6 Å². The highest BCUT2D eigenvalue weighted by Crippen LogP contribution is 2.31. The third-order valence-electron chi connectivity index (χ3n) is 3.71. The van der Waals surface area contributed by atoms with Crippen molar-refractivity contribution in [3.63, 3.8) is 0 Å². The molecule has 3 rings (SSSR count). The summed E-state index contributed by atoms with van der Waals surface area (Å²) in [5.74, 6) is -0.226. The summed E-state index contributed by atoms with van der Waals surface area (Å²) in [6.45, 7) is 1.91. The molecule has 0 atom stereocenters. The van der Waals surface area contributed by atoms with Crippen LogP contribution in [0.4, 0.5) is 13.2 Å². The van der Waals surface area contributed by atoms with E-state index in [2.05, 4.69) is 15.5 Å². The number of carbonyl (C=O) groups excluding carboxylic acids is 1. The van der Waals surface area contributed by atoms with Crippen molar-refractivity contribution in [3.8, 4) is 5.75 Å². The minimum Gasteiger partial charge on any atom is -0.486 e. The molecule has 0 bridgehead atoms. The Bertz CT molecular complexity index is 970. The van der Waals surface area contributed by atoms with Gasteiger partial charge in [0.05, 0.1) is 17.8 Å².